The molecule has 10 heteroatoms. The van der Waals surface area contributed by atoms with E-state index in [1.54, 1.807) is 32.7 Å². The molecule has 0 N–H and O–H groups in total. The summed E-state index contributed by atoms with van der Waals surface area (Å²) in [5, 5.41) is 13.8. The molecule has 3 heterocycles. The molecule has 0 radical (unpaired) electrons. The van der Waals surface area contributed by atoms with Crippen LogP contribution in [0.25, 0.3) is 28.5 Å². The van der Waals surface area contributed by atoms with Crippen molar-refractivity contribution in [3.63, 3.8) is 0 Å². The molecule has 0 fully saturated rings. The van der Waals surface area contributed by atoms with Crippen LogP contribution in [0.15, 0.2) is 76.7 Å². The first-order chi connectivity index (χ1) is 17.2. The van der Waals surface area contributed by atoms with Crippen LogP contribution in [0.5, 0.6) is 11.5 Å². The zero-order chi connectivity index (χ0) is 24.2. The highest BCUT2D eigenvalue weighted by atomic mass is 32.2. The maximum absolute atomic E-state index is 5.52. The van der Waals surface area contributed by atoms with Gasteiger partial charge in [-0.1, -0.05) is 29.1 Å². The van der Waals surface area contributed by atoms with E-state index in [2.05, 4.69) is 44.4 Å². The highest BCUT2D eigenvalue weighted by molar-refractivity contribution is 7.98. The van der Waals surface area contributed by atoms with Crippen molar-refractivity contribution >= 4 is 11.8 Å². The van der Waals surface area contributed by atoms with Crippen molar-refractivity contribution < 1.29 is 14.0 Å². The van der Waals surface area contributed by atoms with Gasteiger partial charge in [0.05, 0.1) is 25.5 Å². The molecular weight excluding hydrogens is 464 g/mol. The number of aryl methyl sites for hydroxylation is 1. The van der Waals surface area contributed by atoms with E-state index in [9.17, 15) is 0 Å². The van der Waals surface area contributed by atoms with Crippen molar-refractivity contribution in [3.8, 4) is 40.0 Å². The van der Waals surface area contributed by atoms with Crippen molar-refractivity contribution in [1.29, 1.82) is 0 Å². The molecule has 0 saturated carbocycles. The van der Waals surface area contributed by atoms with Gasteiger partial charge in [-0.2, -0.15) is 4.98 Å². The molecule has 0 atom stereocenters. The van der Waals surface area contributed by atoms with Crippen LogP contribution in [-0.4, -0.2) is 44.1 Å². The van der Waals surface area contributed by atoms with Crippen LogP contribution in [0, 0.1) is 6.92 Å². The summed E-state index contributed by atoms with van der Waals surface area (Å²) in [7, 11) is 3.20. The summed E-state index contributed by atoms with van der Waals surface area (Å²) in [5.74, 6) is 3.35. The molecule has 5 rings (SSSR count). The molecule has 0 aliphatic heterocycles. The zero-order valence-electron chi connectivity index (χ0n) is 19.4. The van der Waals surface area contributed by atoms with Gasteiger partial charge in [0.2, 0.25) is 11.7 Å². The van der Waals surface area contributed by atoms with E-state index in [1.807, 2.05) is 41.0 Å². The Labute approximate surface area is 206 Å². The summed E-state index contributed by atoms with van der Waals surface area (Å²) in [6, 6.07) is 17.5. The van der Waals surface area contributed by atoms with Crippen molar-refractivity contribution in [2.75, 3.05) is 14.2 Å². The van der Waals surface area contributed by atoms with Gasteiger partial charge < -0.3 is 14.0 Å². The van der Waals surface area contributed by atoms with Gasteiger partial charge in [-0.3, -0.25) is 9.55 Å². The molecular formula is C25H22N6O3S. The van der Waals surface area contributed by atoms with Crippen LogP contribution < -0.4 is 9.47 Å². The Morgan fingerprint density at radius 1 is 0.971 bits per heavy atom. The highest BCUT2D eigenvalue weighted by Gasteiger charge is 2.19. The number of ether oxygens (including phenoxy) is 2. The molecule has 9 nitrogen and oxygen atoms in total. The van der Waals surface area contributed by atoms with Crippen LogP contribution in [0.1, 0.15) is 11.5 Å². The Bertz CT molecular complexity index is 1450. The molecule has 0 aliphatic rings. The lowest BCUT2D eigenvalue weighted by molar-refractivity contribution is 0.388. The monoisotopic (exact) mass is 486 g/mol. The number of methoxy groups -OCH3 is 2. The third kappa shape index (κ3) is 4.73. The Balaban J connectivity index is 1.43. The third-order valence-corrected chi connectivity index (χ3v) is 6.19. The van der Waals surface area contributed by atoms with E-state index >= 15 is 0 Å². The first-order valence-corrected chi connectivity index (χ1v) is 11.8. The largest absolute Gasteiger partial charge is 0.497 e. The third-order valence-electron chi connectivity index (χ3n) is 5.27. The van der Waals surface area contributed by atoms with Crippen LogP contribution in [0.2, 0.25) is 0 Å². The second-order valence-electron chi connectivity index (χ2n) is 7.58. The van der Waals surface area contributed by atoms with Gasteiger partial charge in [-0.05, 0) is 48.9 Å². The number of nitrogens with zero attached hydrogens (tertiary/aromatic N) is 6. The lowest BCUT2D eigenvalue weighted by Crippen LogP contribution is -2.00. The second-order valence-corrected chi connectivity index (χ2v) is 8.53. The minimum Gasteiger partial charge on any atom is -0.497 e. The minimum absolute atomic E-state index is 0.422. The summed E-state index contributed by atoms with van der Waals surface area (Å²) in [4.78, 5) is 8.67. The van der Waals surface area contributed by atoms with Crippen LogP contribution in [0.3, 0.4) is 0 Å². The van der Waals surface area contributed by atoms with Crippen molar-refractivity contribution in [2.45, 2.75) is 17.8 Å². The molecule has 0 unspecified atom stereocenters. The average molecular weight is 487 g/mol. The first-order valence-electron chi connectivity index (χ1n) is 10.8. The first kappa shape index (κ1) is 22.6. The molecule has 0 spiro atoms. The Morgan fingerprint density at radius 3 is 2.60 bits per heavy atom. The predicted molar refractivity (Wildman–Crippen MR) is 132 cm³/mol. The molecule has 0 saturated heterocycles. The quantitative estimate of drug-likeness (QED) is 0.281. The molecule has 0 bridgehead atoms. The van der Waals surface area contributed by atoms with Gasteiger partial charge in [-0.15, -0.1) is 10.2 Å². The van der Waals surface area contributed by atoms with E-state index in [0.29, 0.717) is 34.1 Å². The minimum atomic E-state index is 0.422. The highest BCUT2D eigenvalue weighted by Crippen LogP contribution is 2.33. The van der Waals surface area contributed by atoms with Gasteiger partial charge in [0, 0.05) is 29.7 Å². The molecule has 0 aliphatic carbocycles. The zero-order valence-corrected chi connectivity index (χ0v) is 20.2. The van der Waals surface area contributed by atoms with Crippen molar-refractivity contribution in [3.05, 3.63) is 78.4 Å². The second kappa shape index (κ2) is 9.98. The predicted octanol–water partition coefficient (Wildman–Crippen LogP) is 5.00. The number of rotatable bonds is 8. The topological polar surface area (TPSA) is 101 Å². The number of pyridine rings is 1. The van der Waals surface area contributed by atoms with E-state index < -0.39 is 0 Å². The molecule has 0 amide bonds. The van der Waals surface area contributed by atoms with Gasteiger partial charge in [0.25, 0.3) is 0 Å². The number of hydrogen-bond donors (Lipinski definition) is 0. The van der Waals surface area contributed by atoms with Gasteiger partial charge in [0.1, 0.15) is 11.5 Å². The molecule has 5 aromatic rings. The average Bonchev–Trinajstić information content (AvgIpc) is 3.55. The fraction of sp³-hybridized carbons (Fsp3) is 0.160. The maximum atomic E-state index is 5.52. The van der Waals surface area contributed by atoms with Gasteiger partial charge in [-0.25, -0.2) is 0 Å². The van der Waals surface area contributed by atoms with Crippen LogP contribution >= 0.6 is 11.8 Å². The summed E-state index contributed by atoms with van der Waals surface area (Å²) in [6.45, 7) is 2.06. The number of aromatic nitrogens is 6. The Kier molecular flexibility index (Phi) is 6.44. The van der Waals surface area contributed by atoms with E-state index in [0.717, 1.165) is 28.2 Å². The van der Waals surface area contributed by atoms with E-state index in [-0.39, 0.29) is 0 Å². The fourth-order valence-corrected chi connectivity index (χ4v) is 4.37. The molecule has 3 aromatic heterocycles. The Morgan fingerprint density at radius 2 is 1.83 bits per heavy atom. The molecule has 2 aromatic carbocycles. The summed E-state index contributed by atoms with van der Waals surface area (Å²) < 4.78 is 18.3. The van der Waals surface area contributed by atoms with E-state index in [1.165, 1.54) is 11.8 Å². The molecule has 176 valence electrons. The van der Waals surface area contributed by atoms with Crippen molar-refractivity contribution in [1.82, 2.24) is 29.9 Å². The van der Waals surface area contributed by atoms with Crippen LogP contribution in [0.4, 0.5) is 0 Å². The number of thioether (sulfide) groups is 1. The van der Waals surface area contributed by atoms with Crippen molar-refractivity contribution in [2.24, 2.45) is 0 Å². The Hall–Kier alpha value is -4.18. The molecule has 35 heavy (non-hydrogen) atoms. The van der Waals surface area contributed by atoms with E-state index in [4.69, 9.17) is 14.0 Å². The fourth-order valence-electron chi connectivity index (χ4n) is 3.58. The van der Waals surface area contributed by atoms with Gasteiger partial charge >= 0.3 is 0 Å². The van der Waals surface area contributed by atoms with Gasteiger partial charge in [0.15, 0.2) is 11.0 Å². The number of hydrogen-bond acceptors (Lipinski definition) is 9. The SMILES string of the molecule is COc1ccc(-c2noc(CSc3nnc(-c4ccncc4)n3-c3cccc(C)c3)n2)c(OC)c1. The lowest BCUT2D eigenvalue weighted by atomic mass is 10.2. The van der Waals surface area contributed by atoms with Crippen LogP contribution in [-0.2, 0) is 5.75 Å². The summed E-state index contributed by atoms with van der Waals surface area (Å²) in [6.07, 6.45) is 3.48. The lowest BCUT2D eigenvalue weighted by Gasteiger charge is -2.10. The normalized spacial score (nSPS) is 10.9. The maximum Gasteiger partial charge on any atom is 0.237 e. The number of benzene rings is 2. The summed E-state index contributed by atoms with van der Waals surface area (Å²) in [5.41, 5.74) is 3.75. The smallest absolute Gasteiger partial charge is 0.237 e. The summed E-state index contributed by atoms with van der Waals surface area (Å²) >= 11 is 1.47. The standard InChI is InChI=1S/C25H22N6O3S/c1-16-5-4-6-18(13-16)31-24(17-9-11-26-12-10-17)28-29-25(31)35-15-22-27-23(30-34-22)20-8-7-19(32-2)14-21(20)33-3/h4-14H,15H2,1-3H3.